The smallest absolute Gasteiger partial charge is 0.205 e. The van der Waals surface area contributed by atoms with Crippen LogP contribution in [-0.2, 0) is 12.6 Å². The molecule has 0 aliphatic carbocycles. The number of aryl methyl sites for hydroxylation is 1. The molecule has 1 aromatic rings. The summed E-state index contributed by atoms with van der Waals surface area (Å²) in [5.74, 6) is 0.377. The summed E-state index contributed by atoms with van der Waals surface area (Å²) in [6, 6.07) is 0. The zero-order valence-corrected chi connectivity index (χ0v) is 6.94. The van der Waals surface area contributed by atoms with E-state index in [1.807, 2.05) is 6.92 Å². The third-order valence-corrected chi connectivity index (χ3v) is 1.68. The van der Waals surface area contributed by atoms with Crippen molar-refractivity contribution in [3.63, 3.8) is 0 Å². The van der Waals surface area contributed by atoms with Crippen LogP contribution in [0, 0.1) is 0 Å². The van der Waals surface area contributed by atoms with Crippen LogP contribution in [-0.4, -0.2) is 25.3 Å². The predicted octanol–water partition coefficient (Wildman–Crippen LogP) is -0.172. The van der Waals surface area contributed by atoms with Gasteiger partial charge in [-0.1, -0.05) is 6.92 Å². The number of nitrogens with zero attached hydrogens (tertiary/aromatic N) is 4. The summed E-state index contributed by atoms with van der Waals surface area (Å²) in [5, 5.41) is 20.9. The summed E-state index contributed by atoms with van der Waals surface area (Å²) in [7, 11) is 1.67. The van der Waals surface area contributed by atoms with E-state index in [1.165, 1.54) is 4.80 Å². The van der Waals surface area contributed by atoms with Gasteiger partial charge < -0.3 is 5.11 Å². The number of tetrazole rings is 1. The predicted molar refractivity (Wildman–Crippen MR) is 38.7 cm³/mol. The minimum absolute atomic E-state index is 0.377. The average molecular weight is 156 g/mol. The normalized spacial score (nSPS) is 16.4. The van der Waals surface area contributed by atoms with Crippen molar-refractivity contribution in [3.8, 4) is 0 Å². The lowest BCUT2D eigenvalue weighted by molar-refractivity contribution is 0.0433. The summed E-state index contributed by atoms with van der Waals surface area (Å²) in [5.41, 5.74) is -0.950. The molecule has 1 aromatic heterocycles. The van der Waals surface area contributed by atoms with Crippen molar-refractivity contribution < 1.29 is 5.11 Å². The highest BCUT2D eigenvalue weighted by atomic mass is 16.3. The Balaban J connectivity index is 2.92. The largest absolute Gasteiger partial charge is 0.382 e. The molecule has 0 bridgehead atoms. The first-order valence-corrected chi connectivity index (χ1v) is 3.53. The van der Waals surface area contributed by atoms with Gasteiger partial charge in [-0.15, -0.1) is 10.2 Å². The van der Waals surface area contributed by atoms with E-state index in [-0.39, 0.29) is 0 Å². The lowest BCUT2D eigenvalue weighted by atomic mass is 10.0. The van der Waals surface area contributed by atoms with Gasteiger partial charge in [0.15, 0.2) is 0 Å². The minimum Gasteiger partial charge on any atom is -0.382 e. The Morgan fingerprint density at radius 1 is 1.64 bits per heavy atom. The number of aromatic nitrogens is 4. The van der Waals surface area contributed by atoms with Crippen LogP contribution in [0.3, 0.4) is 0 Å². The summed E-state index contributed by atoms with van der Waals surface area (Å²) in [4.78, 5) is 1.33. The van der Waals surface area contributed by atoms with Crippen molar-refractivity contribution >= 4 is 0 Å². The average Bonchev–Trinajstić information content (AvgIpc) is 2.36. The summed E-state index contributed by atoms with van der Waals surface area (Å²) >= 11 is 0. The maximum absolute atomic E-state index is 9.63. The van der Waals surface area contributed by atoms with E-state index in [1.54, 1.807) is 14.0 Å². The van der Waals surface area contributed by atoms with Crippen molar-refractivity contribution in [2.75, 3.05) is 0 Å². The fraction of sp³-hybridized carbons (Fsp3) is 0.833. The second-order valence-electron chi connectivity index (χ2n) is 2.73. The van der Waals surface area contributed by atoms with E-state index in [0.29, 0.717) is 12.2 Å². The molecule has 0 aliphatic heterocycles. The topological polar surface area (TPSA) is 63.8 Å². The molecule has 0 amide bonds. The molecule has 0 radical (unpaired) electrons. The van der Waals surface area contributed by atoms with Crippen molar-refractivity contribution in [3.05, 3.63) is 5.82 Å². The zero-order chi connectivity index (χ0) is 8.48. The molecule has 1 heterocycles. The number of aliphatic hydroxyl groups is 1. The van der Waals surface area contributed by atoms with Crippen molar-refractivity contribution in [2.24, 2.45) is 7.05 Å². The third-order valence-electron chi connectivity index (χ3n) is 1.68. The molecule has 1 atom stereocenters. The number of rotatable bonds is 2. The first kappa shape index (κ1) is 8.13. The first-order valence-electron chi connectivity index (χ1n) is 3.53. The Bertz CT molecular complexity index is 242. The van der Waals surface area contributed by atoms with Gasteiger partial charge in [-0.25, -0.2) is 0 Å². The van der Waals surface area contributed by atoms with E-state index in [9.17, 15) is 5.11 Å². The number of hydrogen-bond acceptors (Lipinski definition) is 4. The maximum atomic E-state index is 9.63. The van der Waals surface area contributed by atoms with Crippen molar-refractivity contribution in [1.29, 1.82) is 0 Å². The Morgan fingerprint density at radius 2 is 2.27 bits per heavy atom. The second-order valence-corrected chi connectivity index (χ2v) is 2.73. The minimum atomic E-state index is -0.950. The molecule has 0 aromatic carbocycles. The molecular formula is C6H12N4O. The Labute approximate surface area is 65.0 Å². The van der Waals surface area contributed by atoms with Gasteiger partial charge >= 0.3 is 0 Å². The van der Waals surface area contributed by atoms with Crippen LogP contribution < -0.4 is 0 Å². The van der Waals surface area contributed by atoms with Crippen LogP contribution in [0.15, 0.2) is 0 Å². The molecule has 0 spiro atoms. The monoisotopic (exact) mass is 156 g/mol. The van der Waals surface area contributed by atoms with Gasteiger partial charge in [-0.2, -0.15) is 4.80 Å². The van der Waals surface area contributed by atoms with Crippen LogP contribution in [0.2, 0.25) is 0 Å². The SMILES string of the molecule is CCC(C)(O)c1nnn(C)n1. The standard InChI is InChI=1S/C6H12N4O/c1-4-6(2,11)5-7-9-10(3)8-5/h11H,4H2,1-3H3. The molecule has 1 unspecified atom stereocenters. The van der Waals surface area contributed by atoms with Gasteiger partial charge in [-0.3, -0.25) is 0 Å². The third kappa shape index (κ3) is 1.54. The Morgan fingerprint density at radius 3 is 2.64 bits per heavy atom. The fourth-order valence-corrected chi connectivity index (χ4v) is 0.658. The van der Waals surface area contributed by atoms with Gasteiger partial charge in [0.1, 0.15) is 5.60 Å². The molecule has 5 nitrogen and oxygen atoms in total. The van der Waals surface area contributed by atoms with Crippen molar-refractivity contribution in [2.45, 2.75) is 25.9 Å². The van der Waals surface area contributed by atoms with Gasteiger partial charge in [0.05, 0.1) is 7.05 Å². The maximum Gasteiger partial charge on any atom is 0.205 e. The molecule has 62 valence electrons. The van der Waals surface area contributed by atoms with Crippen LogP contribution in [0.25, 0.3) is 0 Å². The highest BCUT2D eigenvalue weighted by Gasteiger charge is 2.25. The van der Waals surface area contributed by atoms with Gasteiger partial charge in [-0.05, 0) is 18.6 Å². The second kappa shape index (κ2) is 2.58. The molecule has 5 heteroatoms. The highest BCUT2D eigenvalue weighted by molar-refractivity contribution is 4.93. The van der Waals surface area contributed by atoms with E-state index >= 15 is 0 Å². The summed E-state index contributed by atoms with van der Waals surface area (Å²) in [6.07, 6.45) is 0.582. The van der Waals surface area contributed by atoms with Gasteiger partial charge in [0.25, 0.3) is 0 Å². The molecule has 1 N–H and O–H groups in total. The summed E-state index contributed by atoms with van der Waals surface area (Å²) in [6.45, 7) is 3.54. The van der Waals surface area contributed by atoms with Gasteiger partial charge in [0.2, 0.25) is 5.82 Å². The van der Waals surface area contributed by atoms with E-state index in [4.69, 9.17) is 0 Å². The van der Waals surface area contributed by atoms with E-state index in [2.05, 4.69) is 15.4 Å². The van der Waals surface area contributed by atoms with Crippen LogP contribution >= 0.6 is 0 Å². The molecule has 0 saturated carbocycles. The lowest BCUT2D eigenvalue weighted by Crippen LogP contribution is -2.21. The number of hydrogen-bond donors (Lipinski definition) is 1. The lowest BCUT2D eigenvalue weighted by Gasteiger charge is -2.15. The molecule has 0 fully saturated rings. The molecule has 1 rings (SSSR count). The molecule has 0 aliphatic rings. The fourth-order valence-electron chi connectivity index (χ4n) is 0.658. The van der Waals surface area contributed by atoms with Crippen LogP contribution in [0.5, 0.6) is 0 Å². The summed E-state index contributed by atoms with van der Waals surface area (Å²) < 4.78 is 0. The van der Waals surface area contributed by atoms with Gasteiger partial charge in [0, 0.05) is 0 Å². The Hall–Kier alpha value is -0.970. The van der Waals surface area contributed by atoms with Crippen LogP contribution in [0.1, 0.15) is 26.1 Å². The molecular weight excluding hydrogens is 144 g/mol. The Kier molecular flexibility index (Phi) is 1.90. The molecule has 11 heavy (non-hydrogen) atoms. The molecule has 0 saturated heterocycles. The first-order chi connectivity index (χ1) is 5.06. The highest BCUT2D eigenvalue weighted by Crippen LogP contribution is 2.18. The van der Waals surface area contributed by atoms with E-state index in [0.717, 1.165) is 0 Å². The van der Waals surface area contributed by atoms with Crippen molar-refractivity contribution in [1.82, 2.24) is 20.2 Å². The van der Waals surface area contributed by atoms with Crippen LogP contribution in [0.4, 0.5) is 0 Å². The quantitative estimate of drug-likeness (QED) is 0.645. The van der Waals surface area contributed by atoms with E-state index < -0.39 is 5.60 Å². The zero-order valence-electron chi connectivity index (χ0n) is 6.94.